The van der Waals surface area contributed by atoms with E-state index in [-0.39, 0.29) is 18.4 Å². The molecule has 0 spiro atoms. The predicted octanol–water partition coefficient (Wildman–Crippen LogP) is -0.0180. The molecule has 0 aromatic carbocycles. The zero-order chi connectivity index (χ0) is 12.8. The highest BCUT2D eigenvalue weighted by Gasteiger charge is 2.11. The van der Waals surface area contributed by atoms with Crippen LogP contribution in [0.4, 0.5) is 0 Å². The van der Waals surface area contributed by atoms with E-state index in [1.54, 1.807) is 12.3 Å². The summed E-state index contributed by atoms with van der Waals surface area (Å²) in [6, 6.07) is 1.69. The van der Waals surface area contributed by atoms with Crippen molar-refractivity contribution in [2.75, 3.05) is 0 Å². The van der Waals surface area contributed by atoms with Gasteiger partial charge in [-0.25, -0.2) is 0 Å². The average molecular weight is 238 g/mol. The molecule has 92 valence electrons. The van der Waals surface area contributed by atoms with E-state index in [9.17, 15) is 9.59 Å². The maximum atomic E-state index is 11.6. The summed E-state index contributed by atoms with van der Waals surface area (Å²) in [5.74, 6) is -1.06. The molecule has 0 aliphatic rings. The Morgan fingerprint density at radius 1 is 1.53 bits per heavy atom. The third-order valence-electron chi connectivity index (χ3n) is 2.01. The van der Waals surface area contributed by atoms with Crippen molar-refractivity contribution in [3.63, 3.8) is 0 Å². The van der Waals surface area contributed by atoms with E-state index in [4.69, 9.17) is 5.11 Å². The predicted molar refractivity (Wildman–Crippen MR) is 59.3 cm³/mol. The minimum absolute atomic E-state index is 0.00913. The third kappa shape index (κ3) is 4.58. The van der Waals surface area contributed by atoms with E-state index >= 15 is 0 Å². The molecule has 0 radical (unpaired) electrons. The Labute approximate surface area is 99.3 Å². The zero-order valence-corrected chi connectivity index (χ0v) is 9.88. The first-order valence-electron chi connectivity index (χ1n) is 5.37. The fourth-order valence-electron chi connectivity index (χ4n) is 1.21. The van der Waals surface area contributed by atoms with Crippen LogP contribution in [0.5, 0.6) is 0 Å². The van der Waals surface area contributed by atoms with Crippen molar-refractivity contribution >= 4 is 11.9 Å². The number of carboxylic acids is 1. The Hall–Kier alpha value is -1.98. The van der Waals surface area contributed by atoms with E-state index < -0.39 is 5.97 Å². The maximum Gasteiger partial charge on any atom is 0.309 e. The Morgan fingerprint density at radius 2 is 2.24 bits per heavy atom. The lowest BCUT2D eigenvalue weighted by Gasteiger charge is -2.06. The molecular weight excluding hydrogens is 222 g/mol. The quantitative estimate of drug-likeness (QED) is 0.706. The summed E-state index contributed by atoms with van der Waals surface area (Å²) in [6.45, 7) is 4.05. The lowest BCUT2D eigenvalue weighted by atomic mass is 10.2. The van der Waals surface area contributed by atoms with Gasteiger partial charge in [0.25, 0.3) is 5.91 Å². The van der Waals surface area contributed by atoms with Crippen LogP contribution >= 0.6 is 0 Å². The van der Waals surface area contributed by atoms with Crippen LogP contribution < -0.4 is 10.00 Å². The third-order valence-corrected chi connectivity index (χ3v) is 2.01. The summed E-state index contributed by atoms with van der Waals surface area (Å²) < 4.78 is 1.49. The highest BCUT2D eigenvalue weighted by Crippen LogP contribution is 1.94. The van der Waals surface area contributed by atoms with Gasteiger partial charge in [0.15, 0.2) is 12.7 Å². The minimum atomic E-state index is -0.874. The molecule has 17 heavy (non-hydrogen) atoms. The summed E-state index contributed by atoms with van der Waals surface area (Å²) in [6.07, 6.45) is 3.03. The number of nitrogens with zero attached hydrogens (tertiary/aromatic N) is 2. The second-order valence-corrected chi connectivity index (χ2v) is 3.95. The van der Waals surface area contributed by atoms with Gasteiger partial charge in [-0.2, -0.15) is 0 Å². The average Bonchev–Trinajstić information content (AvgIpc) is 2.26. The highest BCUT2D eigenvalue weighted by atomic mass is 16.4. The number of hydrogen-bond donors (Lipinski definition) is 2. The fourth-order valence-corrected chi connectivity index (χ4v) is 1.21. The van der Waals surface area contributed by atoms with Gasteiger partial charge < -0.3 is 10.4 Å². The van der Waals surface area contributed by atoms with Crippen LogP contribution in [0.2, 0.25) is 0 Å². The van der Waals surface area contributed by atoms with E-state index in [2.05, 4.69) is 10.4 Å². The molecule has 0 saturated carbocycles. The second kappa shape index (κ2) is 5.93. The molecule has 1 amide bonds. The molecule has 2 N–H and O–H groups in total. The molecule has 6 nitrogen and oxygen atoms in total. The molecule has 0 unspecified atom stereocenters. The van der Waals surface area contributed by atoms with Gasteiger partial charge in [0.1, 0.15) is 12.6 Å². The number of rotatable bonds is 5. The van der Waals surface area contributed by atoms with Crippen LogP contribution in [0.1, 0.15) is 30.6 Å². The number of carboxylic acid groups (broad SMARTS) is 1. The summed E-state index contributed by atoms with van der Waals surface area (Å²) in [5, 5.41) is 15.2. The van der Waals surface area contributed by atoms with Crippen LogP contribution in [0.25, 0.3) is 0 Å². The van der Waals surface area contributed by atoms with E-state index in [1.807, 2.05) is 13.8 Å². The Morgan fingerprint density at radius 3 is 2.71 bits per heavy atom. The summed E-state index contributed by atoms with van der Waals surface area (Å²) >= 11 is 0. The van der Waals surface area contributed by atoms with Crippen molar-refractivity contribution in [3.05, 3.63) is 24.0 Å². The molecule has 1 rings (SSSR count). The highest BCUT2D eigenvalue weighted by molar-refractivity contribution is 5.93. The van der Waals surface area contributed by atoms with E-state index in [1.165, 1.54) is 10.9 Å². The molecule has 0 aliphatic carbocycles. The van der Waals surface area contributed by atoms with Gasteiger partial charge in [-0.15, -0.1) is 0 Å². The Balaban J connectivity index is 2.61. The van der Waals surface area contributed by atoms with Gasteiger partial charge >= 0.3 is 5.97 Å². The molecule has 0 fully saturated rings. The minimum Gasteiger partial charge on any atom is -0.481 e. The fraction of sp³-hybridized carbons (Fsp3) is 0.455. The van der Waals surface area contributed by atoms with Gasteiger partial charge in [0.05, 0.1) is 5.56 Å². The number of aliphatic carboxylic acids is 1. The zero-order valence-electron chi connectivity index (χ0n) is 9.88. The molecule has 1 aromatic rings. The van der Waals surface area contributed by atoms with Crippen molar-refractivity contribution in [2.24, 2.45) is 0 Å². The first-order chi connectivity index (χ1) is 7.99. The molecule has 6 heteroatoms. The van der Waals surface area contributed by atoms with Crippen LogP contribution in [-0.4, -0.2) is 28.1 Å². The largest absolute Gasteiger partial charge is 0.481 e. The van der Waals surface area contributed by atoms with Crippen molar-refractivity contribution in [1.29, 1.82) is 0 Å². The van der Waals surface area contributed by atoms with Gasteiger partial charge in [-0.1, -0.05) is 4.68 Å². The van der Waals surface area contributed by atoms with Gasteiger partial charge in [-0.3, -0.25) is 9.59 Å². The smallest absolute Gasteiger partial charge is 0.309 e. The molecule has 0 aliphatic heterocycles. The monoisotopic (exact) mass is 238 g/mol. The van der Waals surface area contributed by atoms with Crippen LogP contribution in [-0.2, 0) is 11.3 Å². The number of carbonyl (C=O) groups excluding carboxylic acids is 1. The standard InChI is InChI=1S/C11H15N3O3/c1-8(2)13-11(17)9-3-5-14(12-7-9)6-4-10(15)16/h3,5,7-8H,4,6H2,1-2H3,(H-,13,15,16,17)/p+1. The molecule has 0 bridgehead atoms. The SMILES string of the molecule is CC(C)NC(=O)c1cc[n+](CCC(=O)O)nc1. The van der Waals surface area contributed by atoms with Crippen molar-refractivity contribution < 1.29 is 19.4 Å². The van der Waals surface area contributed by atoms with E-state index in [0.29, 0.717) is 12.1 Å². The van der Waals surface area contributed by atoms with Crippen LogP contribution in [0.3, 0.4) is 0 Å². The molecule has 0 saturated heterocycles. The summed E-state index contributed by atoms with van der Waals surface area (Å²) in [4.78, 5) is 21.9. The van der Waals surface area contributed by atoms with Gasteiger partial charge in [0.2, 0.25) is 0 Å². The summed E-state index contributed by atoms with van der Waals surface area (Å²) in [5.41, 5.74) is 0.463. The maximum absolute atomic E-state index is 11.6. The van der Waals surface area contributed by atoms with Crippen LogP contribution in [0, 0.1) is 0 Å². The Bertz CT molecular complexity index is 401. The lowest BCUT2D eigenvalue weighted by molar-refractivity contribution is -0.753. The number of hydrogen-bond acceptors (Lipinski definition) is 3. The van der Waals surface area contributed by atoms with Gasteiger partial charge in [-0.05, 0) is 18.9 Å². The normalized spacial score (nSPS) is 10.3. The topological polar surface area (TPSA) is 83.2 Å². The first kappa shape index (κ1) is 13.1. The lowest BCUT2D eigenvalue weighted by Crippen LogP contribution is -2.39. The van der Waals surface area contributed by atoms with Gasteiger partial charge in [0, 0.05) is 12.1 Å². The number of amides is 1. The first-order valence-corrected chi connectivity index (χ1v) is 5.37. The number of nitrogens with one attached hydrogen (secondary N) is 1. The van der Waals surface area contributed by atoms with Crippen molar-refractivity contribution in [1.82, 2.24) is 10.4 Å². The molecule has 0 atom stereocenters. The van der Waals surface area contributed by atoms with Crippen molar-refractivity contribution in [2.45, 2.75) is 32.9 Å². The molecule has 1 aromatic heterocycles. The number of aromatic nitrogens is 2. The molecular formula is C11H16N3O3+. The Kier molecular flexibility index (Phi) is 4.56. The summed E-state index contributed by atoms with van der Waals surface area (Å²) in [7, 11) is 0. The van der Waals surface area contributed by atoms with Crippen LogP contribution in [0.15, 0.2) is 18.5 Å². The van der Waals surface area contributed by atoms with Crippen molar-refractivity contribution in [3.8, 4) is 0 Å². The van der Waals surface area contributed by atoms with E-state index in [0.717, 1.165) is 0 Å². The molecule has 1 heterocycles. The number of aryl methyl sites for hydroxylation is 1. The second-order valence-electron chi connectivity index (χ2n) is 3.95. The number of carbonyl (C=O) groups is 2.